The largest absolute Gasteiger partial charge is 0.490 e. The number of fused-ring (bicyclic) bond motifs is 1. The average Bonchev–Trinajstić information content (AvgIpc) is 3.49. The molecule has 0 aliphatic rings. The molecule has 1 amide bonds. The number of halogens is 3. The number of hydrogen-bond acceptors (Lipinski definition) is 8. The van der Waals surface area contributed by atoms with Crippen molar-refractivity contribution in [2.45, 2.75) is 18.9 Å². The molecule has 1 unspecified atom stereocenters. The van der Waals surface area contributed by atoms with Gasteiger partial charge in [0.25, 0.3) is 5.91 Å². The fourth-order valence-corrected chi connectivity index (χ4v) is 4.55. The van der Waals surface area contributed by atoms with Crippen molar-refractivity contribution in [3.8, 4) is 22.4 Å². The van der Waals surface area contributed by atoms with E-state index >= 15 is 0 Å². The fraction of sp³-hybridized carbons (Fsp3) is 0.107. The number of carbonyl (C=O) groups is 2. The Bertz CT molecular complexity index is 1660. The zero-order valence-electron chi connectivity index (χ0n) is 20.6. The van der Waals surface area contributed by atoms with Gasteiger partial charge in [-0.3, -0.25) is 15.5 Å². The maximum absolute atomic E-state index is 13.1. The number of ether oxygens (including phenoxy) is 1. The minimum Gasteiger partial charge on any atom is -0.436 e. The molecule has 0 spiro atoms. The van der Waals surface area contributed by atoms with Crippen LogP contribution in [0.3, 0.4) is 0 Å². The van der Waals surface area contributed by atoms with Gasteiger partial charge in [0.1, 0.15) is 5.69 Å². The summed E-state index contributed by atoms with van der Waals surface area (Å²) in [6.07, 6.45) is -5.25. The third kappa shape index (κ3) is 5.82. The molecule has 1 atom stereocenters. The zero-order chi connectivity index (χ0) is 28.3. The van der Waals surface area contributed by atoms with E-state index in [1.165, 1.54) is 29.7 Å². The van der Waals surface area contributed by atoms with E-state index < -0.39 is 18.4 Å². The average molecular weight is 564 g/mol. The van der Waals surface area contributed by atoms with Gasteiger partial charge in [-0.2, -0.15) is 13.2 Å². The van der Waals surface area contributed by atoms with Gasteiger partial charge in [-0.25, -0.2) is 14.8 Å². The number of hydrogen-bond donors (Lipinski definition) is 2. The highest BCUT2D eigenvalue weighted by molar-refractivity contribution is 7.07. The first-order valence-corrected chi connectivity index (χ1v) is 12.8. The van der Waals surface area contributed by atoms with E-state index in [0.717, 1.165) is 11.3 Å². The Morgan fingerprint density at radius 2 is 1.75 bits per heavy atom. The van der Waals surface area contributed by atoms with E-state index in [4.69, 9.17) is 10.7 Å². The summed E-state index contributed by atoms with van der Waals surface area (Å²) in [5.41, 5.74) is 11.7. The first-order valence-electron chi connectivity index (χ1n) is 11.8. The topological polar surface area (TPSA) is 120 Å². The molecule has 12 heteroatoms. The molecule has 202 valence electrons. The van der Waals surface area contributed by atoms with Crippen LogP contribution in [0, 0.1) is 0 Å². The van der Waals surface area contributed by atoms with Gasteiger partial charge in [-0.1, -0.05) is 54.6 Å². The maximum atomic E-state index is 13.1. The Labute approximate surface area is 229 Å². The van der Waals surface area contributed by atoms with Crippen molar-refractivity contribution in [2.75, 3.05) is 0 Å². The summed E-state index contributed by atoms with van der Waals surface area (Å²) >= 11 is 1.43. The predicted molar refractivity (Wildman–Crippen MR) is 143 cm³/mol. The van der Waals surface area contributed by atoms with Crippen molar-refractivity contribution >= 4 is 34.1 Å². The molecule has 3 aromatic heterocycles. The quantitative estimate of drug-likeness (QED) is 0.201. The van der Waals surface area contributed by atoms with E-state index in [9.17, 15) is 22.8 Å². The van der Waals surface area contributed by atoms with E-state index in [-0.39, 0.29) is 23.7 Å². The first-order chi connectivity index (χ1) is 19.2. The SMILES string of the molecule is NC(OC(=O)C(F)(F)F)c1ccc(-c2nc3ccnc(C(=O)NCc4cscn4)c3cc2-c2ccccc2)cc1. The van der Waals surface area contributed by atoms with Crippen LogP contribution in [0.25, 0.3) is 33.3 Å². The van der Waals surface area contributed by atoms with Gasteiger partial charge >= 0.3 is 12.1 Å². The number of rotatable bonds is 7. The first kappa shape index (κ1) is 26.9. The lowest BCUT2D eigenvalue weighted by Crippen LogP contribution is -2.29. The molecule has 3 heterocycles. The molecule has 3 N–H and O–H groups in total. The van der Waals surface area contributed by atoms with E-state index in [1.54, 1.807) is 23.7 Å². The van der Waals surface area contributed by atoms with E-state index in [0.29, 0.717) is 27.7 Å². The van der Waals surface area contributed by atoms with Crippen molar-refractivity contribution in [3.63, 3.8) is 0 Å². The molecule has 5 aromatic rings. The van der Waals surface area contributed by atoms with Gasteiger partial charge in [-0.15, -0.1) is 11.3 Å². The number of aromatic nitrogens is 3. The molecule has 0 aliphatic heterocycles. The van der Waals surface area contributed by atoms with Crippen LogP contribution >= 0.6 is 11.3 Å². The summed E-state index contributed by atoms with van der Waals surface area (Å²) in [6, 6.07) is 19.1. The Kier molecular flexibility index (Phi) is 7.54. The Morgan fingerprint density at radius 1 is 1.00 bits per heavy atom. The molecule has 0 radical (unpaired) electrons. The van der Waals surface area contributed by atoms with Crippen LogP contribution < -0.4 is 11.1 Å². The van der Waals surface area contributed by atoms with Crippen molar-refractivity contribution in [2.24, 2.45) is 5.73 Å². The molecule has 0 saturated heterocycles. The number of amides is 1. The lowest BCUT2D eigenvalue weighted by Gasteiger charge is -2.16. The standard InChI is InChI=1S/C28H20F3N5O3S/c29-28(30,31)27(38)39-25(32)18-8-6-17(7-9-18)23-20(16-4-2-1-3-5-16)12-21-22(36-23)10-11-33-24(21)26(37)34-13-19-14-40-15-35-19/h1-12,14-15,25H,13,32H2,(H,34,37). The predicted octanol–water partition coefficient (Wildman–Crippen LogP) is 5.41. The zero-order valence-corrected chi connectivity index (χ0v) is 21.4. The number of nitrogens with one attached hydrogen (secondary N) is 1. The summed E-state index contributed by atoms with van der Waals surface area (Å²) in [4.78, 5) is 37.5. The summed E-state index contributed by atoms with van der Waals surface area (Å²) in [7, 11) is 0. The second-order valence-corrected chi connectivity index (χ2v) is 9.30. The van der Waals surface area contributed by atoms with Crippen LogP contribution in [0.4, 0.5) is 13.2 Å². The second kappa shape index (κ2) is 11.2. The van der Waals surface area contributed by atoms with Crippen LogP contribution in [0.1, 0.15) is 28.0 Å². The van der Waals surface area contributed by atoms with Crippen molar-refractivity contribution < 1.29 is 27.5 Å². The molecule has 2 aromatic carbocycles. The fourth-order valence-electron chi connectivity index (χ4n) is 4.00. The van der Waals surface area contributed by atoms with E-state index in [1.807, 2.05) is 41.8 Å². The van der Waals surface area contributed by atoms with E-state index in [2.05, 4.69) is 20.0 Å². The van der Waals surface area contributed by atoms with Crippen LogP contribution in [0.5, 0.6) is 0 Å². The molecule has 0 fully saturated rings. The molecular weight excluding hydrogens is 543 g/mol. The molecule has 8 nitrogen and oxygen atoms in total. The number of alkyl halides is 3. The van der Waals surface area contributed by atoms with Gasteiger partial charge in [0, 0.05) is 33.7 Å². The van der Waals surface area contributed by atoms with Gasteiger partial charge in [-0.05, 0) is 17.7 Å². The Hall–Kier alpha value is -4.68. The molecule has 5 rings (SSSR count). The van der Waals surface area contributed by atoms with Gasteiger partial charge in [0.15, 0.2) is 6.23 Å². The number of pyridine rings is 2. The molecule has 0 bridgehead atoms. The number of thiazole rings is 1. The Balaban J connectivity index is 1.52. The minimum absolute atomic E-state index is 0.173. The number of nitrogens with zero attached hydrogens (tertiary/aromatic N) is 3. The number of nitrogens with two attached hydrogens (primary N) is 1. The van der Waals surface area contributed by atoms with Crippen LogP contribution in [-0.4, -0.2) is 33.0 Å². The lowest BCUT2D eigenvalue weighted by atomic mass is 9.96. The number of esters is 1. The monoisotopic (exact) mass is 563 g/mol. The lowest BCUT2D eigenvalue weighted by molar-refractivity contribution is -0.205. The molecule has 0 saturated carbocycles. The molecular formula is C28H20F3N5O3S. The maximum Gasteiger partial charge on any atom is 0.490 e. The number of carbonyl (C=O) groups excluding carboxylic acids is 2. The summed E-state index contributed by atoms with van der Waals surface area (Å²) in [5, 5.41) is 5.22. The van der Waals surface area contributed by atoms with Gasteiger partial charge in [0.2, 0.25) is 0 Å². The molecule has 0 aliphatic carbocycles. The Morgan fingerprint density at radius 3 is 2.42 bits per heavy atom. The normalized spacial score (nSPS) is 12.2. The van der Waals surface area contributed by atoms with Gasteiger partial charge in [0.05, 0.1) is 29.0 Å². The highest BCUT2D eigenvalue weighted by atomic mass is 32.1. The summed E-state index contributed by atoms with van der Waals surface area (Å²) in [5.74, 6) is -2.74. The van der Waals surface area contributed by atoms with Crippen LogP contribution in [-0.2, 0) is 16.1 Å². The molecule has 40 heavy (non-hydrogen) atoms. The third-order valence-corrected chi connectivity index (χ3v) is 6.57. The summed E-state index contributed by atoms with van der Waals surface area (Å²) in [6.45, 7) is 0.254. The highest BCUT2D eigenvalue weighted by Crippen LogP contribution is 2.34. The summed E-state index contributed by atoms with van der Waals surface area (Å²) < 4.78 is 42.0. The van der Waals surface area contributed by atoms with Crippen molar-refractivity contribution in [1.82, 2.24) is 20.3 Å². The smallest absolute Gasteiger partial charge is 0.436 e. The van der Waals surface area contributed by atoms with Crippen LogP contribution in [0.2, 0.25) is 0 Å². The van der Waals surface area contributed by atoms with Crippen molar-refractivity contribution in [3.05, 3.63) is 101 Å². The van der Waals surface area contributed by atoms with Crippen molar-refractivity contribution in [1.29, 1.82) is 0 Å². The third-order valence-electron chi connectivity index (χ3n) is 5.93. The number of benzene rings is 2. The van der Waals surface area contributed by atoms with Crippen LogP contribution in [0.15, 0.2) is 83.8 Å². The van der Waals surface area contributed by atoms with Gasteiger partial charge < -0.3 is 10.1 Å². The highest BCUT2D eigenvalue weighted by Gasteiger charge is 2.42. The second-order valence-electron chi connectivity index (χ2n) is 8.58. The minimum atomic E-state index is -5.15.